The van der Waals surface area contributed by atoms with E-state index < -0.39 is 0 Å². The molecule has 0 saturated carbocycles. The normalized spacial score (nSPS) is 11.2. The topological polar surface area (TPSA) is 20.7 Å². The van der Waals surface area contributed by atoms with Gasteiger partial charge in [0, 0.05) is 5.69 Å². The number of H-pyrrole nitrogens is 1. The maximum absolute atomic E-state index is 13.6. The first-order valence-electron chi connectivity index (χ1n) is 6.15. The van der Waals surface area contributed by atoms with Gasteiger partial charge >= 0.3 is 0 Å². The molecule has 3 aromatic rings. The predicted molar refractivity (Wildman–Crippen MR) is 77.8 cm³/mol. The number of hydrogen-bond donors (Lipinski definition) is 1. The molecule has 3 rings (SSSR count). The fourth-order valence-corrected chi connectivity index (χ4v) is 2.57. The molecule has 2 aromatic carbocycles. The van der Waals surface area contributed by atoms with E-state index in [1.165, 1.54) is 12.1 Å². The lowest BCUT2D eigenvalue weighted by atomic mass is 10.2. The van der Waals surface area contributed by atoms with E-state index in [0.717, 1.165) is 11.2 Å². The molecule has 0 aliphatic carbocycles. The van der Waals surface area contributed by atoms with Gasteiger partial charge in [-0.3, -0.25) is 4.57 Å². The highest BCUT2D eigenvalue weighted by Gasteiger charge is 2.10. The van der Waals surface area contributed by atoms with E-state index in [0.29, 0.717) is 21.4 Å². The minimum atomic E-state index is -0.281. The summed E-state index contributed by atoms with van der Waals surface area (Å²) < 4.78 is 29.2. The highest BCUT2D eigenvalue weighted by molar-refractivity contribution is 7.71. The quantitative estimate of drug-likeness (QED) is 0.650. The number of rotatable bonds is 1. The minimum absolute atomic E-state index is 0.262. The Labute approximate surface area is 119 Å². The number of nitrogens with one attached hydrogen (secondary N) is 1. The zero-order valence-electron chi connectivity index (χ0n) is 11.0. The van der Waals surface area contributed by atoms with Gasteiger partial charge in [0.25, 0.3) is 0 Å². The number of aromatic nitrogens is 2. The molecule has 20 heavy (non-hydrogen) atoms. The summed E-state index contributed by atoms with van der Waals surface area (Å²) in [4.78, 5) is 2.97. The van der Waals surface area contributed by atoms with Gasteiger partial charge in [-0.25, -0.2) is 8.78 Å². The average molecular weight is 290 g/mol. The molecule has 2 nitrogen and oxygen atoms in total. The molecule has 0 atom stereocenters. The van der Waals surface area contributed by atoms with Gasteiger partial charge in [-0.05, 0) is 67.5 Å². The zero-order valence-corrected chi connectivity index (χ0v) is 11.8. The smallest absolute Gasteiger partial charge is 0.182 e. The maximum atomic E-state index is 13.6. The van der Waals surface area contributed by atoms with Crippen LogP contribution in [-0.4, -0.2) is 9.55 Å². The minimum Gasteiger partial charge on any atom is -0.330 e. The third-order valence-corrected chi connectivity index (χ3v) is 3.65. The molecule has 102 valence electrons. The Hall–Kier alpha value is -2.01. The summed E-state index contributed by atoms with van der Waals surface area (Å²) in [7, 11) is 0. The summed E-state index contributed by atoms with van der Waals surface area (Å²) in [5, 5.41) is 0. The third kappa shape index (κ3) is 1.94. The second-order valence-corrected chi connectivity index (χ2v) is 5.20. The highest BCUT2D eigenvalue weighted by atomic mass is 32.1. The van der Waals surface area contributed by atoms with Crippen molar-refractivity contribution in [1.29, 1.82) is 0 Å². The van der Waals surface area contributed by atoms with E-state index in [9.17, 15) is 8.78 Å². The number of fused-ring (bicyclic) bond motifs is 1. The SMILES string of the molecule is Cc1cc(-n2c(=S)[nH]c3cc(F)c(C)cc32)ccc1F. The number of benzene rings is 2. The summed E-state index contributed by atoms with van der Waals surface area (Å²) in [5.41, 5.74) is 3.24. The van der Waals surface area contributed by atoms with E-state index in [4.69, 9.17) is 12.2 Å². The first kappa shape index (κ1) is 13.0. The molecular weight excluding hydrogens is 278 g/mol. The van der Waals surface area contributed by atoms with Crippen LogP contribution in [-0.2, 0) is 0 Å². The van der Waals surface area contributed by atoms with Crippen molar-refractivity contribution in [2.24, 2.45) is 0 Å². The van der Waals surface area contributed by atoms with Crippen molar-refractivity contribution in [3.05, 3.63) is 57.9 Å². The predicted octanol–water partition coefficient (Wildman–Crippen LogP) is 4.58. The molecular formula is C15H12F2N2S. The Kier molecular flexibility index (Phi) is 2.94. The standard InChI is InChI=1S/C15H12F2N2S/c1-8-5-10(3-4-11(8)16)19-14-6-9(2)12(17)7-13(14)18-15(19)20/h3-7H,1-2H3,(H,18,20). The van der Waals surface area contributed by atoms with Crippen LogP contribution >= 0.6 is 12.2 Å². The molecule has 0 aliphatic rings. The van der Waals surface area contributed by atoms with E-state index in [1.807, 2.05) is 0 Å². The number of aryl methyl sites for hydroxylation is 2. The monoisotopic (exact) mass is 290 g/mol. The summed E-state index contributed by atoms with van der Waals surface area (Å²) in [5.74, 6) is -0.543. The molecule has 5 heteroatoms. The molecule has 0 aliphatic heterocycles. The first-order valence-corrected chi connectivity index (χ1v) is 6.55. The molecule has 0 bridgehead atoms. The number of imidazole rings is 1. The van der Waals surface area contributed by atoms with Crippen LogP contribution in [0.15, 0.2) is 30.3 Å². The fourth-order valence-electron chi connectivity index (χ4n) is 2.26. The van der Waals surface area contributed by atoms with Gasteiger partial charge in [0.1, 0.15) is 11.6 Å². The van der Waals surface area contributed by atoms with E-state index in [2.05, 4.69) is 4.98 Å². The van der Waals surface area contributed by atoms with Crippen LogP contribution in [0.2, 0.25) is 0 Å². The molecule has 1 aromatic heterocycles. The Bertz CT molecular complexity index is 877. The Morgan fingerprint density at radius 1 is 1.00 bits per heavy atom. The van der Waals surface area contributed by atoms with Crippen LogP contribution in [0.4, 0.5) is 8.78 Å². The van der Waals surface area contributed by atoms with Gasteiger partial charge < -0.3 is 4.98 Å². The molecule has 0 unspecified atom stereocenters. The number of aromatic amines is 1. The molecule has 1 N–H and O–H groups in total. The van der Waals surface area contributed by atoms with Crippen molar-refractivity contribution < 1.29 is 8.78 Å². The van der Waals surface area contributed by atoms with Gasteiger partial charge in [-0.15, -0.1) is 0 Å². The van der Waals surface area contributed by atoms with Crippen LogP contribution in [0.25, 0.3) is 16.7 Å². The Morgan fingerprint density at radius 2 is 1.70 bits per heavy atom. The molecule has 0 spiro atoms. The summed E-state index contributed by atoms with van der Waals surface area (Å²) in [6.45, 7) is 3.40. The molecule has 0 fully saturated rings. The van der Waals surface area contributed by atoms with Crippen LogP contribution in [0.3, 0.4) is 0 Å². The van der Waals surface area contributed by atoms with Crippen LogP contribution in [0.1, 0.15) is 11.1 Å². The summed E-state index contributed by atoms with van der Waals surface area (Å²) in [6, 6.07) is 7.94. The van der Waals surface area contributed by atoms with Gasteiger partial charge in [0.05, 0.1) is 11.0 Å². The van der Waals surface area contributed by atoms with E-state index in [1.54, 1.807) is 36.6 Å². The largest absolute Gasteiger partial charge is 0.330 e. The lowest BCUT2D eigenvalue weighted by molar-refractivity contribution is 0.618. The second-order valence-electron chi connectivity index (χ2n) is 4.82. The van der Waals surface area contributed by atoms with Crippen molar-refractivity contribution in [1.82, 2.24) is 9.55 Å². The Morgan fingerprint density at radius 3 is 2.40 bits per heavy atom. The number of halogens is 2. The highest BCUT2D eigenvalue weighted by Crippen LogP contribution is 2.23. The number of nitrogens with zero attached hydrogens (tertiary/aromatic N) is 1. The Balaban J connectivity index is 2.35. The van der Waals surface area contributed by atoms with Crippen LogP contribution in [0.5, 0.6) is 0 Å². The van der Waals surface area contributed by atoms with E-state index in [-0.39, 0.29) is 11.6 Å². The average Bonchev–Trinajstić information content (AvgIpc) is 2.69. The van der Waals surface area contributed by atoms with Crippen molar-refractivity contribution >= 4 is 23.3 Å². The zero-order chi connectivity index (χ0) is 14.4. The van der Waals surface area contributed by atoms with E-state index >= 15 is 0 Å². The van der Waals surface area contributed by atoms with Crippen molar-refractivity contribution in [2.45, 2.75) is 13.8 Å². The van der Waals surface area contributed by atoms with Gasteiger partial charge in [0.2, 0.25) is 0 Å². The second kappa shape index (κ2) is 4.52. The maximum Gasteiger partial charge on any atom is 0.182 e. The van der Waals surface area contributed by atoms with Gasteiger partial charge in [-0.2, -0.15) is 0 Å². The molecule has 1 heterocycles. The summed E-state index contributed by atoms with van der Waals surface area (Å²) >= 11 is 5.29. The van der Waals surface area contributed by atoms with Gasteiger partial charge in [-0.1, -0.05) is 0 Å². The van der Waals surface area contributed by atoms with Crippen molar-refractivity contribution in [3.63, 3.8) is 0 Å². The third-order valence-electron chi connectivity index (χ3n) is 3.36. The number of hydrogen-bond acceptors (Lipinski definition) is 1. The first-order chi connectivity index (χ1) is 9.47. The molecule has 0 radical (unpaired) electrons. The lowest BCUT2D eigenvalue weighted by Crippen LogP contribution is -1.96. The molecule has 0 saturated heterocycles. The van der Waals surface area contributed by atoms with Crippen LogP contribution < -0.4 is 0 Å². The van der Waals surface area contributed by atoms with Crippen molar-refractivity contribution in [2.75, 3.05) is 0 Å². The summed E-state index contributed by atoms with van der Waals surface area (Å²) in [6.07, 6.45) is 0. The lowest BCUT2D eigenvalue weighted by Gasteiger charge is -2.07. The fraction of sp³-hybridized carbons (Fsp3) is 0.133. The van der Waals surface area contributed by atoms with Crippen LogP contribution in [0, 0.1) is 30.3 Å². The van der Waals surface area contributed by atoms with Gasteiger partial charge in [0.15, 0.2) is 4.77 Å². The van der Waals surface area contributed by atoms with Crippen molar-refractivity contribution in [3.8, 4) is 5.69 Å². The molecule has 0 amide bonds.